The van der Waals surface area contributed by atoms with E-state index in [9.17, 15) is 9.18 Å². The third-order valence-electron chi connectivity index (χ3n) is 2.78. The van der Waals surface area contributed by atoms with Gasteiger partial charge in [0, 0.05) is 12.7 Å². The monoisotopic (exact) mass is 291 g/mol. The average molecular weight is 291 g/mol. The lowest BCUT2D eigenvalue weighted by Crippen LogP contribution is -2.11. The summed E-state index contributed by atoms with van der Waals surface area (Å²) >= 11 is 1.08. The molecule has 0 aliphatic rings. The maximum atomic E-state index is 13.0. The normalized spacial score (nSPS) is 11.1. The van der Waals surface area contributed by atoms with Gasteiger partial charge in [-0.3, -0.25) is 4.79 Å². The van der Waals surface area contributed by atoms with Gasteiger partial charge in [0.15, 0.2) is 0 Å². The van der Waals surface area contributed by atoms with Crippen LogP contribution in [0.3, 0.4) is 0 Å². The van der Waals surface area contributed by atoms with Crippen LogP contribution in [0.2, 0.25) is 0 Å². The second kappa shape index (κ2) is 5.10. The Bertz CT molecular complexity index is 811. The van der Waals surface area contributed by atoms with Crippen LogP contribution in [0.25, 0.3) is 21.5 Å². The van der Waals surface area contributed by atoms with Crippen LogP contribution >= 0.6 is 11.5 Å². The Balaban J connectivity index is 2.21. The fourth-order valence-corrected chi connectivity index (χ4v) is 2.63. The molecule has 7 heteroatoms. The second-order valence-corrected chi connectivity index (χ2v) is 4.93. The van der Waals surface area contributed by atoms with Gasteiger partial charge in [0.05, 0.1) is 0 Å². The predicted octanol–water partition coefficient (Wildman–Crippen LogP) is 2.33. The van der Waals surface area contributed by atoms with Crippen molar-refractivity contribution in [2.24, 2.45) is 0 Å². The van der Waals surface area contributed by atoms with Crippen molar-refractivity contribution in [3.05, 3.63) is 46.3 Å². The molecule has 0 unspecified atom stereocenters. The van der Waals surface area contributed by atoms with E-state index in [0.29, 0.717) is 21.7 Å². The number of H-pyrrole nitrogens is 1. The van der Waals surface area contributed by atoms with Crippen LogP contribution in [-0.4, -0.2) is 21.5 Å². The first-order chi connectivity index (χ1) is 9.69. The summed E-state index contributed by atoms with van der Waals surface area (Å²) in [5.41, 5.74) is 1.57. The van der Waals surface area contributed by atoms with Crippen molar-refractivity contribution >= 4 is 21.7 Å². The fourth-order valence-electron chi connectivity index (χ4n) is 1.89. The van der Waals surface area contributed by atoms with Gasteiger partial charge in [-0.1, -0.05) is 0 Å². The zero-order valence-corrected chi connectivity index (χ0v) is 11.3. The first kappa shape index (κ1) is 12.9. The maximum absolute atomic E-state index is 13.0. The predicted molar refractivity (Wildman–Crippen MR) is 74.1 cm³/mol. The fraction of sp³-hybridized carbons (Fsp3) is 0.154. The number of nitrogens with one attached hydrogen (secondary N) is 1. The molecule has 0 atom stereocenters. The lowest BCUT2D eigenvalue weighted by Gasteiger charge is -2.00. The minimum atomic E-state index is -0.320. The molecule has 20 heavy (non-hydrogen) atoms. The number of halogens is 1. The third kappa shape index (κ3) is 2.21. The van der Waals surface area contributed by atoms with Crippen LogP contribution in [0.15, 0.2) is 29.1 Å². The number of hydrogen-bond acceptors (Lipinski definition) is 5. The number of fused-ring (bicyclic) bond motifs is 1. The summed E-state index contributed by atoms with van der Waals surface area (Å²) in [5.74, 6) is 0.118. The number of aromatic amines is 1. The van der Waals surface area contributed by atoms with Gasteiger partial charge in [-0.2, -0.15) is 4.37 Å². The topological polar surface area (TPSA) is 67.9 Å². The molecule has 0 aliphatic carbocycles. The number of aromatic nitrogens is 3. The number of nitrogens with zero attached hydrogens (tertiary/aromatic N) is 2. The Morgan fingerprint density at radius 3 is 2.80 bits per heavy atom. The molecule has 0 saturated heterocycles. The van der Waals surface area contributed by atoms with E-state index < -0.39 is 0 Å². The van der Waals surface area contributed by atoms with Gasteiger partial charge in [0.1, 0.15) is 34.2 Å². The number of methoxy groups -OCH3 is 1. The molecule has 0 radical (unpaired) electrons. The van der Waals surface area contributed by atoms with Gasteiger partial charge in [-0.05, 0) is 35.8 Å². The molecule has 5 nitrogen and oxygen atoms in total. The molecule has 0 spiro atoms. The van der Waals surface area contributed by atoms with Crippen LogP contribution in [0.5, 0.6) is 0 Å². The molecule has 1 aromatic carbocycles. The summed E-state index contributed by atoms with van der Waals surface area (Å²) in [5, 5.41) is 0. The SMILES string of the molecule is COCc1nc2c(-c3ccc(F)cc3)nsc2c(=O)[nH]1. The van der Waals surface area contributed by atoms with E-state index in [1.54, 1.807) is 12.1 Å². The molecular weight excluding hydrogens is 281 g/mol. The van der Waals surface area contributed by atoms with Crippen LogP contribution in [0.4, 0.5) is 4.39 Å². The van der Waals surface area contributed by atoms with Crippen molar-refractivity contribution in [2.75, 3.05) is 7.11 Å². The lowest BCUT2D eigenvalue weighted by atomic mass is 10.1. The average Bonchev–Trinajstić information content (AvgIpc) is 2.84. The van der Waals surface area contributed by atoms with E-state index in [2.05, 4.69) is 14.3 Å². The Morgan fingerprint density at radius 2 is 2.10 bits per heavy atom. The van der Waals surface area contributed by atoms with E-state index >= 15 is 0 Å². The van der Waals surface area contributed by atoms with Crippen molar-refractivity contribution < 1.29 is 9.13 Å². The van der Waals surface area contributed by atoms with Gasteiger partial charge in [-0.25, -0.2) is 9.37 Å². The molecule has 3 rings (SSSR count). The standard InChI is InChI=1S/C13H10FN3O2S/c1-19-6-9-15-11-10(7-2-4-8(14)5-3-7)17-20-12(11)13(18)16-9/h2-5H,6H2,1H3,(H,15,16,18). The molecule has 0 bridgehead atoms. The number of benzene rings is 1. The first-order valence-corrected chi connectivity index (χ1v) is 6.60. The summed E-state index contributed by atoms with van der Waals surface area (Å²) in [4.78, 5) is 18.9. The minimum absolute atomic E-state index is 0.212. The van der Waals surface area contributed by atoms with Crippen molar-refractivity contribution in [3.8, 4) is 11.3 Å². The highest BCUT2D eigenvalue weighted by atomic mass is 32.1. The van der Waals surface area contributed by atoms with Gasteiger partial charge >= 0.3 is 0 Å². The molecule has 0 aliphatic heterocycles. The first-order valence-electron chi connectivity index (χ1n) is 5.82. The van der Waals surface area contributed by atoms with E-state index in [1.165, 1.54) is 19.2 Å². The van der Waals surface area contributed by atoms with Gasteiger partial charge < -0.3 is 9.72 Å². The highest BCUT2D eigenvalue weighted by Crippen LogP contribution is 2.27. The second-order valence-electron chi connectivity index (χ2n) is 4.16. The van der Waals surface area contributed by atoms with E-state index in [1.807, 2.05) is 0 Å². The van der Waals surface area contributed by atoms with Gasteiger partial charge in [0.25, 0.3) is 5.56 Å². The number of hydrogen-bond donors (Lipinski definition) is 1. The summed E-state index contributed by atoms with van der Waals surface area (Å²) in [7, 11) is 1.52. The Kier molecular flexibility index (Phi) is 3.29. The molecular formula is C13H10FN3O2S. The van der Waals surface area contributed by atoms with E-state index in [4.69, 9.17) is 4.74 Å². The molecule has 0 saturated carbocycles. The Labute approximate surface area is 117 Å². The number of ether oxygens (including phenoxy) is 1. The highest BCUT2D eigenvalue weighted by molar-refractivity contribution is 7.13. The molecule has 1 N–H and O–H groups in total. The van der Waals surface area contributed by atoms with Crippen molar-refractivity contribution in [1.82, 2.24) is 14.3 Å². The third-order valence-corrected chi connectivity index (χ3v) is 3.61. The zero-order chi connectivity index (χ0) is 14.1. The van der Waals surface area contributed by atoms with E-state index in [0.717, 1.165) is 17.1 Å². The summed E-state index contributed by atoms with van der Waals surface area (Å²) in [6, 6.07) is 5.93. The lowest BCUT2D eigenvalue weighted by molar-refractivity contribution is 0.178. The molecule has 102 valence electrons. The Morgan fingerprint density at radius 1 is 1.35 bits per heavy atom. The molecule has 3 aromatic rings. The van der Waals surface area contributed by atoms with Gasteiger partial charge in [-0.15, -0.1) is 0 Å². The van der Waals surface area contributed by atoms with Gasteiger partial charge in [0.2, 0.25) is 0 Å². The largest absolute Gasteiger partial charge is 0.377 e. The molecule has 2 aromatic heterocycles. The van der Waals surface area contributed by atoms with E-state index in [-0.39, 0.29) is 18.0 Å². The Hall–Kier alpha value is -2.12. The number of rotatable bonds is 3. The molecule has 0 amide bonds. The maximum Gasteiger partial charge on any atom is 0.270 e. The van der Waals surface area contributed by atoms with Crippen LogP contribution in [0, 0.1) is 5.82 Å². The summed E-state index contributed by atoms with van der Waals surface area (Å²) in [6.07, 6.45) is 0. The zero-order valence-electron chi connectivity index (χ0n) is 10.5. The molecule has 0 fully saturated rings. The van der Waals surface area contributed by atoms with Crippen LogP contribution < -0.4 is 5.56 Å². The summed E-state index contributed by atoms with van der Waals surface area (Å²) < 4.78 is 22.6. The minimum Gasteiger partial charge on any atom is -0.377 e. The van der Waals surface area contributed by atoms with Crippen molar-refractivity contribution in [3.63, 3.8) is 0 Å². The summed E-state index contributed by atoms with van der Waals surface area (Å²) in [6.45, 7) is 0.212. The smallest absolute Gasteiger partial charge is 0.270 e. The highest BCUT2D eigenvalue weighted by Gasteiger charge is 2.14. The molecule has 2 heterocycles. The van der Waals surface area contributed by atoms with Crippen LogP contribution in [-0.2, 0) is 11.3 Å². The van der Waals surface area contributed by atoms with Crippen LogP contribution in [0.1, 0.15) is 5.82 Å². The van der Waals surface area contributed by atoms with Crippen molar-refractivity contribution in [2.45, 2.75) is 6.61 Å². The van der Waals surface area contributed by atoms with Crippen molar-refractivity contribution in [1.29, 1.82) is 0 Å². The quantitative estimate of drug-likeness (QED) is 0.804.